The molecule has 1 saturated carbocycles. The zero-order valence-corrected chi connectivity index (χ0v) is 13.5. The average molecular weight is 326 g/mol. The van der Waals surface area contributed by atoms with Crippen LogP contribution in [0.3, 0.4) is 0 Å². The Balaban J connectivity index is 1.55. The standard InChI is InChI=1S/C15H26N4O4/c1-22-9-12-8-19(18-17-12)7-10-6-13(15(21)14(10)20)16-11-2-4-23-5-3-11/h8,10-11,13-16,20-21H,2-7,9H2,1H3. The molecule has 0 aromatic carbocycles. The Labute approximate surface area is 135 Å². The van der Waals surface area contributed by atoms with E-state index in [4.69, 9.17) is 9.47 Å². The summed E-state index contributed by atoms with van der Waals surface area (Å²) >= 11 is 0. The van der Waals surface area contributed by atoms with Crippen molar-refractivity contribution in [3.63, 3.8) is 0 Å². The molecule has 1 aromatic heterocycles. The zero-order chi connectivity index (χ0) is 16.2. The molecule has 1 aliphatic heterocycles. The van der Waals surface area contributed by atoms with Crippen LogP contribution >= 0.6 is 0 Å². The van der Waals surface area contributed by atoms with Gasteiger partial charge in [0.1, 0.15) is 5.69 Å². The highest BCUT2D eigenvalue weighted by molar-refractivity contribution is 4.98. The lowest BCUT2D eigenvalue weighted by atomic mass is 10.1. The molecule has 1 saturated heterocycles. The second kappa shape index (κ2) is 7.67. The van der Waals surface area contributed by atoms with Gasteiger partial charge in [0, 0.05) is 44.9 Å². The number of methoxy groups -OCH3 is 1. The van der Waals surface area contributed by atoms with Gasteiger partial charge >= 0.3 is 0 Å². The number of aliphatic hydroxyl groups excluding tert-OH is 2. The highest BCUT2D eigenvalue weighted by atomic mass is 16.5. The number of hydrogen-bond acceptors (Lipinski definition) is 7. The van der Waals surface area contributed by atoms with E-state index in [1.54, 1.807) is 11.8 Å². The fourth-order valence-corrected chi connectivity index (χ4v) is 3.52. The first-order valence-electron chi connectivity index (χ1n) is 8.25. The van der Waals surface area contributed by atoms with Crippen LogP contribution in [0.5, 0.6) is 0 Å². The first-order chi connectivity index (χ1) is 11.2. The van der Waals surface area contributed by atoms with Crippen LogP contribution in [0.25, 0.3) is 0 Å². The molecular weight excluding hydrogens is 300 g/mol. The molecular formula is C15H26N4O4. The highest BCUT2D eigenvalue weighted by Gasteiger charge is 2.42. The molecule has 23 heavy (non-hydrogen) atoms. The van der Waals surface area contributed by atoms with E-state index in [-0.39, 0.29) is 12.0 Å². The predicted octanol–water partition coefficient (Wildman–Crippen LogP) is -0.697. The summed E-state index contributed by atoms with van der Waals surface area (Å²) in [5.41, 5.74) is 0.761. The van der Waals surface area contributed by atoms with Crippen LogP contribution in [0.1, 0.15) is 25.0 Å². The topological polar surface area (TPSA) is 102 Å². The number of nitrogens with one attached hydrogen (secondary N) is 1. The number of ether oxygens (including phenoxy) is 2. The number of aromatic nitrogens is 3. The maximum Gasteiger partial charge on any atom is 0.108 e. The fourth-order valence-electron chi connectivity index (χ4n) is 3.52. The Morgan fingerprint density at radius 1 is 1.35 bits per heavy atom. The average Bonchev–Trinajstić information content (AvgIpc) is 3.10. The molecule has 130 valence electrons. The van der Waals surface area contributed by atoms with Crippen molar-refractivity contribution in [1.82, 2.24) is 20.3 Å². The van der Waals surface area contributed by atoms with E-state index in [0.717, 1.165) is 38.2 Å². The summed E-state index contributed by atoms with van der Waals surface area (Å²) in [6.07, 6.45) is 2.95. The van der Waals surface area contributed by atoms with Gasteiger partial charge in [0.05, 0.1) is 25.0 Å². The van der Waals surface area contributed by atoms with Crippen LogP contribution in [0.2, 0.25) is 0 Å². The van der Waals surface area contributed by atoms with Crippen LogP contribution in [-0.4, -0.2) is 69.8 Å². The molecule has 0 bridgehead atoms. The van der Waals surface area contributed by atoms with Gasteiger partial charge in [-0.25, -0.2) is 0 Å². The molecule has 0 spiro atoms. The van der Waals surface area contributed by atoms with Crippen molar-refractivity contribution < 1.29 is 19.7 Å². The van der Waals surface area contributed by atoms with Gasteiger partial charge < -0.3 is 25.0 Å². The Bertz CT molecular complexity index is 492. The van der Waals surface area contributed by atoms with E-state index >= 15 is 0 Å². The van der Waals surface area contributed by atoms with Crippen LogP contribution in [0.15, 0.2) is 6.20 Å². The number of hydrogen-bond donors (Lipinski definition) is 3. The second-order valence-electron chi connectivity index (χ2n) is 6.50. The normalized spacial score (nSPS) is 32.5. The Morgan fingerprint density at radius 3 is 2.87 bits per heavy atom. The molecule has 8 nitrogen and oxygen atoms in total. The van der Waals surface area contributed by atoms with Gasteiger partial charge in [-0.15, -0.1) is 5.10 Å². The summed E-state index contributed by atoms with van der Waals surface area (Å²) in [6.45, 7) is 2.48. The first-order valence-corrected chi connectivity index (χ1v) is 8.25. The van der Waals surface area contributed by atoms with Gasteiger partial charge in [0.25, 0.3) is 0 Å². The second-order valence-corrected chi connectivity index (χ2v) is 6.50. The van der Waals surface area contributed by atoms with E-state index in [0.29, 0.717) is 19.2 Å². The summed E-state index contributed by atoms with van der Waals surface area (Å²) in [5.74, 6) is -0.0422. The van der Waals surface area contributed by atoms with Crippen molar-refractivity contribution in [3.8, 4) is 0 Å². The van der Waals surface area contributed by atoms with E-state index in [9.17, 15) is 10.2 Å². The summed E-state index contributed by atoms with van der Waals surface area (Å²) in [5, 5.41) is 32.2. The van der Waals surface area contributed by atoms with Gasteiger partial charge in [-0.3, -0.25) is 4.68 Å². The lowest BCUT2D eigenvalue weighted by Crippen LogP contribution is -2.47. The Morgan fingerprint density at radius 2 is 2.13 bits per heavy atom. The Hall–Kier alpha value is -1.06. The van der Waals surface area contributed by atoms with Crippen molar-refractivity contribution in [2.45, 2.75) is 56.7 Å². The molecule has 4 atom stereocenters. The SMILES string of the molecule is COCc1cn(CC2CC(NC3CCOCC3)C(O)C2O)nn1. The van der Waals surface area contributed by atoms with Crippen molar-refractivity contribution in [3.05, 3.63) is 11.9 Å². The predicted molar refractivity (Wildman–Crippen MR) is 81.6 cm³/mol. The third-order valence-electron chi connectivity index (χ3n) is 4.77. The summed E-state index contributed by atoms with van der Waals surface area (Å²) in [6, 6.07) is 0.272. The lowest BCUT2D eigenvalue weighted by molar-refractivity contribution is 0.00271. The monoisotopic (exact) mass is 326 g/mol. The van der Waals surface area contributed by atoms with Gasteiger partial charge in [-0.05, 0) is 19.3 Å². The fraction of sp³-hybridized carbons (Fsp3) is 0.867. The van der Waals surface area contributed by atoms with Gasteiger partial charge in [-0.1, -0.05) is 5.21 Å². The molecule has 0 radical (unpaired) electrons. The smallest absolute Gasteiger partial charge is 0.108 e. The van der Waals surface area contributed by atoms with Gasteiger partial charge in [0.15, 0.2) is 0 Å². The van der Waals surface area contributed by atoms with Crippen molar-refractivity contribution in [1.29, 1.82) is 0 Å². The van der Waals surface area contributed by atoms with Gasteiger partial charge in [0.2, 0.25) is 0 Å². The van der Waals surface area contributed by atoms with Crippen LogP contribution in [-0.2, 0) is 22.6 Å². The molecule has 8 heteroatoms. The molecule has 1 aromatic rings. The van der Waals surface area contributed by atoms with Crippen LogP contribution in [0, 0.1) is 5.92 Å². The summed E-state index contributed by atoms with van der Waals surface area (Å²) in [7, 11) is 1.61. The maximum absolute atomic E-state index is 10.3. The van der Waals surface area contributed by atoms with Gasteiger partial charge in [-0.2, -0.15) is 0 Å². The number of rotatable bonds is 6. The van der Waals surface area contributed by atoms with Crippen molar-refractivity contribution >= 4 is 0 Å². The maximum atomic E-state index is 10.3. The molecule has 1 aliphatic carbocycles. The van der Waals surface area contributed by atoms with E-state index in [1.807, 2.05) is 6.20 Å². The Kier molecular flexibility index (Phi) is 5.60. The molecule has 3 rings (SSSR count). The quantitative estimate of drug-likeness (QED) is 0.635. The minimum Gasteiger partial charge on any atom is -0.390 e. The van der Waals surface area contributed by atoms with Crippen molar-refractivity contribution in [2.75, 3.05) is 20.3 Å². The van der Waals surface area contributed by atoms with Crippen LogP contribution in [0.4, 0.5) is 0 Å². The lowest BCUT2D eigenvalue weighted by Gasteiger charge is -2.28. The zero-order valence-electron chi connectivity index (χ0n) is 13.5. The summed E-state index contributed by atoms with van der Waals surface area (Å²) < 4.78 is 12.1. The molecule has 0 amide bonds. The van der Waals surface area contributed by atoms with Crippen molar-refractivity contribution in [2.24, 2.45) is 5.92 Å². The third-order valence-corrected chi connectivity index (χ3v) is 4.77. The highest BCUT2D eigenvalue weighted by Crippen LogP contribution is 2.29. The third kappa shape index (κ3) is 4.07. The number of aliphatic hydroxyl groups is 2. The van der Waals surface area contributed by atoms with E-state index in [1.165, 1.54) is 0 Å². The summed E-state index contributed by atoms with van der Waals surface area (Å²) in [4.78, 5) is 0. The number of nitrogens with zero attached hydrogens (tertiary/aromatic N) is 3. The van der Waals surface area contributed by atoms with E-state index < -0.39 is 12.2 Å². The van der Waals surface area contributed by atoms with Crippen LogP contribution < -0.4 is 5.32 Å². The largest absolute Gasteiger partial charge is 0.390 e. The van der Waals surface area contributed by atoms with E-state index in [2.05, 4.69) is 15.6 Å². The molecule has 4 unspecified atom stereocenters. The minimum absolute atomic E-state index is 0.0422. The molecule has 2 aliphatic rings. The first kappa shape index (κ1) is 16.8. The molecule has 2 fully saturated rings. The minimum atomic E-state index is -0.748. The molecule has 2 heterocycles. The molecule has 3 N–H and O–H groups in total.